The second-order valence-corrected chi connectivity index (χ2v) is 7.21. The zero-order valence-electron chi connectivity index (χ0n) is 15.6. The molecule has 0 bridgehead atoms. The quantitative estimate of drug-likeness (QED) is 0.756. The van der Waals surface area contributed by atoms with Gasteiger partial charge in [-0.3, -0.25) is 14.6 Å². The highest BCUT2D eigenvalue weighted by Gasteiger charge is 2.33. The molecule has 1 fully saturated rings. The summed E-state index contributed by atoms with van der Waals surface area (Å²) in [4.78, 5) is 35.6. The summed E-state index contributed by atoms with van der Waals surface area (Å²) in [6.07, 6.45) is 2.97. The molecule has 1 amide bonds. The lowest BCUT2D eigenvalue weighted by Crippen LogP contribution is -2.47. The van der Waals surface area contributed by atoms with Crippen LogP contribution in [-0.4, -0.2) is 44.4 Å². The van der Waals surface area contributed by atoms with Crippen LogP contribution in [0.4, 0.5) is 0 Å². The Bertz CT molecular complexity index is 1040. The Balaban J connectivity index is 1.80. The molecular weight excluding hydrogens is 354 g/mol. The first-order valence-corrected chi connectivity index (χ1v) is 9.39. The number of aromatic nitrogens is 2. The van der Waals surface area contributed by atoms with Crippen molar-refractivity contribution in [3.63, 3.8) is 0 Å². The van der Waals surface area contributed by atoms with Crippen LogP contribution in [0.2, 0.25) is 0 Å². The fraction of sp³-hybridized carbons (Fsp3) is 0.273. The molecule has 0 aliphatic carbocycles. The van der Waals surface area contributed by atoms with Gasteiger partial charge in [-0.1, -0.05) is 24.3 Å². The Hall–Kier alpha value is -3.28. The van der Waals surface area contributed by atoms with E-state index in [1.165, 1.54) is 0 Å². The third kappa shape index (κ3) is 3.33. The van der Waals surface area contributed by atoms with E-state index in [0.29, 0.717) is 35.3 Å². The average Bonchev–Trinajstić information content (AvgIpc) is 2.73. The summed E-state index contributed by atoms with van der Waals surface area (Å²) in [6.45, 7) is 2.20. The number of carbonyl (C=O) groups is 2. The van der Waals surface area contributed by atoms with Gasteiger partial charge in [0, 0.05) is 24.2 Å². The van der Waals surface area contributed by atoms with Crippen molar-refractivity contribution >= 4 is 22.8 Å². The number of para-hydroxylation sites is 1. The van der Waals surface area contributed by atoms with Crippen LogP contribution in [0, 0.1) is 5.92 Å². The molecule has 2 unspecified atom stereocenters. The normalized spacial score (nSPS) is 19.5. The molecule has 3 heterocycles. The first-order chi connectivity index (χ1) is 13.5. The topological polar surface area (TPSA) is 83.4 Å². The molecule has 1 aliphatic heterocycles. The molecule has 0 radical (unpaired) electrons. The molecule has 1 N–H and O–H groups in total. The van der Waals surface area contributed by atoms with Crippen molar-refractivity contribution in [3.8, 4) is 11.4 Å². The summed E-state index contributed by atoms with van der Waals surface area (Å²) in [5.41, 5.74) is 2.57. The van der Waals surface area contributed by atoms with Crippen LogP contribution in [0.15, 0.2) is 54.7 Å². The molecule has 142 valence electrons. The molecule has 1 saturated heterocycles. The van der Waals surface area contributed by atoms with Crippen molar-refractivity contribution in [2.75, 3.05) is 6.54 Å². The fourth-order valence-corrected chi connectivity index (χ4v) is 3.74. The number of carboxylic acid groups (broad SMARTS) is 1. The van der Waals surface area contributed by atoms with E-state index in [1.807, 2.05) is 49.4 Å². The van der Waals surface area contributed by atoms with Gasteiger partial charge in [0.1, 0.15) is 0 Å². The standard InChI is InChI=1S/C22H21N3O3/c1-14-9-10-15(22(27)28)13-25(14)21(26)17-12-20(19-8-4-5-11-23-19)24-18-7-3-2-6-16(17)18/h2-8,11-12,14-15H,9-10,13H2,1H3,(H,27,28). The van der Waals surface area contributed by atoms with Gasteiger partial charge in [0.15, 0.2) is 0 Å². The number of hydrogen-bond acceptors (Lipinski definition) is 4. The predicted molar refractivity (Wildman–Crippen MR) is 106 cm³/mol. The van der Waals surface area contributed by atoms with Gasteiger partial charge in [0.2, 0.25) is 0 Å². The summed E-state index contributed by atoms with van der Waals surface area (Å²) in [5, 5.41) is 10.2. The lowest BCUT2D eigenvalue weighted by Gasteiger charge is -2.36. The highest BCUT2D eigenvalue weighted by molar-refractivity contribution is 6.07. The van der Waals surface area contributed by atoms with Gasteiger partial charge >= 0.3 is 5.97 Å². The number of nitrogens with zero attached hydrogens (tertiary/aromatic N) is 3. The van der Waals surface area contributed by atoms with E-state index < -0.39 is 11.9 Å². The maximum atomic E-state index is 13.5. The number of piperidine rings is 1. The predicted octanol–water partition coefficient (Wildman–Crippen LogP) is 3.62. The van der Waals surface area contributed by atoms with E-state index in [0.717, 1.165) is 5.39 Å². The molecule has 2 aromatic heterocycles. The second-order valence-electron chi connectivity index (χ2n) is 7.21. The number of rotatable bonds is 3. The molecule has 1 aliphatic rings. The highest BCUT2D eigenvalue weighted by atomic mass is 16.4. The van der Waals surface area contributed by atoms with Crippen molar-refractivity contribution in [1.29, 1.82) is 0 Å². The van der Waals surface area contributed by atoms with Crippen molar-refractivity contribution in [1.82, 2.24) is 14.9 Å². The molecule has 6 nitrogen and oxygen atoms in total. The monoisotopic (exact) mass is 375 g/mol. The van der Waals surface area contributed by atoms with Gasteiger partial charge in [-0.25, -0.2) is 4.98 Å². The molecule has 1 aromatic carbocycles. The maximum Gasteiger partial charge on any atom is 0.308 e. The Morgan fingerprint density at radius 1 is 1.07 bits per heavy atom. The number of pyridine rings is 2. The van der Waals surface area contributed by atoms with Crippen LogP contribution in [0.3, 0.4) is 0 Å². The number of likely N-dealkylation sites (tertiary alicyclic amines) is 1. The first kappa shape index (κ1) is 18.1. The molecule has 28 heavy (non-hydrogen) atoms. The van der Waals surface area contributed by atoms with Crippen LogP contribution in [0.25, 0.3) is 22.3 Å². The summed E-state index contributed by atoms with van der Waals surface area (Å²) >= 11 is 0. The van der Waals surface area contributed by atoms with Crippen molar-refractivity contribution < 1.29 is 14.7 Å². The largest absolute Gasteiger partial charge is 0.481 e. The Morgan fingerprint density at radius 3 is 2.61 bits per heavy atom. The summed E-state index contributed by atoms with van der Waals surface area (Å²) in [7, 11) is 0. The minimum Gasteiger partial charge on any atom is -0.481 e. The van der Waals surface area contributed by atoms with Crippen LogP contribution in [0.5, 0.6) is 0 Å². The van der Waals surface area contributed by atoms with Crippen molar-refractivity contribution in [2.45, 2.75) is 25.8 Å². The number of amides is 1. The lowest BCUT2D eigenvalue weighted by atomic mass is 9.92. The third-order valence-electron chi connectivity index (χ3n) is 5.37. The van der Waals surface area contributed by atoms with Crippen LogP contribution >= 0.6 is 0 Å². The molecule has 4 rings (SSSR count). The van der Waals surface area contributed by atoms with Crippen molar-refractivity contribution in [2.24, 2.45) is 5.92 Å². The lowest BCUT2D eigenvalue weighted by molar-refractivity contribution is -0.143. The number of benzene rings is 1. The molecule has 3 aromatic rings. The number of carboxylic acids is 1. The summed E-state index contributed by atoms with van der Waals surface area (Å²) in [6, 6.07) is 14.8. The number of aliphatic carboxylic acids is 1. The van der Waals surface area contributed by atoms with E-state index in [1.54, 1.807) is 17.2 Å². The Morgan fingerprint density at radius 2 is 1.86 bits per heavy atom. The van der Waals surface area contributed by atoms with Crippen LogP contribution in [0.1, 0.15) is 30.1 Å². The highest BCUT2D eigenvalue weighted by Crippen LogP contribution is 2.28. The summed E-state index contributed by atoms with van der Waals surface area (Å²) < 4.78 is 0. The third-order valence-corrected chi connectivity index (χ3v) is 5.37. The van der Waals surface area contributed by atoms with E-state index in [-0.39, 0.29) is 18.5 Å². The number of fused-ring (bicyclic) bond motifs is 1. The fourth-order valence-electron chi connectivity index (χ4n) is 3.74. The van der Waals surface area contributed by atoms with E-state index in [9.17, 15) is 14.7 Å². The molecule has 0 saturated carbocycles. The Labute approximate surface area is 162 Å². The first-order valence-electron chi connectivity index (χ1n) is 9.39. The van der Waals surface area contributed by atoms with E-state index in [2.05, 4.69) is 9.97 Å². The smallest absolute Gasteiger partial charge is 0.308 e. The van der Waals surface area contributed by atoms with Gasteiger partial charge < -0.3 is 10.0 Å². The SMILES string of the molecule is CC1CCC(C(=O)O)CN1C(=O)c1cc(-c2ccccn2)nc2ccccc12. The van der Waals surface area contributed by atoms with Crippen LogP contribution < -0.4 is 0 Å². The summed E-state index contributed by atoms with van der Waals surface area (Å²) in [5.74, 6) is -1.53. The van der Waals surface area contributed by atoms with E-state index in [4.69, 9.17) is 0 Å². The van der Waals surface area contributed by atoms with Gasteiger partial charge in [-0.2, -0.15) is 0 Å². The molecule has 2 atom stereocenters. The molecule has 6 heteroatoms. The van der Waals surface area contributed by atoms with Gasteiger partial charge in [0.05, 0.1) is 28.4 Å². The van der Waals surface area contributed by atoms with Crippen molar-refractivity contribution in [3.05, 3.63) is 60.3 Å². The Kier molecular flexibility index (Phi) is 4.77. The second kappa shape index (κ2) is 7.38. The minimum atomic E-state index is -0.849. The molecular formula is C22H21N3O3. The van der Waals surface area contributed by atoms with Crippen LogP contribution in [-0.2, 0) is 4.79 Å². The number of carbonyl (C=O) groups excluding carboxylic acids is 1. The average molecular weight is 375 g/mol. The maximum absolute atomic E-state index is 13.5. The van der Waals surface area contributed by atoms with Gasteiger partial charge in [-0.15, -0.1) is 0 Å². The molecule has 0 spiro atoms. The zero-order valence-corrected chi connectivity index (χ0v) is 15.6. The van der Waals surface area contributed by atoms with Gasteiger partial charge in [-0.05, 0) is 44.0 Å². The number of hydrogen-bond donors (Lipinski definition) is 1. The minimum absolute atomic E-state index is 0.00618. The zero-order chi connectivity index (χ0) is 19.7. The van der Waals surface area contributed by atoms with Gasteiger partial charge in [0.25, 0.3) is 5.91 Å². The van der Waals surface area contributed by atoms with E-state index >= 15 is 0 Å².